The molecule has 0 spiro atoms. The second-order valence-corrected chi connectivity index (χ2v) is 5.19. The summed E-state index contributed by atoms with van der Waals surface area (Å²) in [4.78, 5) is 0. The largest absolute Gasteiger partial charge is 0.493 e. The smallest absolute Gasteiger partial charge is 0.160 e. The average Bonchev–Trinajstić information content (AvgIpc) is 2.33. The van der Waals surface area contributed by atoms with Gasteiger partial charge in [0.05, 0.1) is 14.2 Å². The normalized spacial score (nSPS) is 17.1. The van der Waals surface area contributed by atoms with Crippen LogP contribution in [0.1, 0.15) is 31.2 Å². The highest BCUT2D eigenvalue weighted by Crippen LogP contribution is 2.32. The minimum atomic E-state index is 0.258. The third kappa shape index (κ3) is 3.16. The minimum absolute atomic E-state index is 0.258. The molecule has 1 unspecified atom stereocenters. The van der Waals surface area contributed by atoms with Crippen molar-refractivity contribution in [1.29, 1.82) is 0 Å². The van der Waals surface area contributed by atoms with Crippen molar-refractivity contribution in [1.82, 2.24) is 0 Å². The first-order valence-electron chi connectivity index (χ1n) is 6.69. The fourth-order valence-corrected chi connectivity index (χ4v) is 2.55. The quantitative estimate of drug-likeness (QED) is 0.843. The fourth-order valence-electron chi connectivity index (χ4n) is 2.55. The van der Waals surface area contributed by atoms with Crippen molar-refractivity contribution >= 4 is 0 Å². The van der Waals surface area contributed by atoms with Crippen molar-refractivity contribution < 1.29 is 9.47 Å². The van der Waals surface area contributed by atoms with Gasteiger partial charge in [0.2, 0.25) is 0 Å². The third-order valence-electron chi connectivity index (χ3n) is 3.81. The van der Waals surface area contributed by atoms with E-state index in [-0.39, 0.29) is 6.04 Å². The summed E-state index contributed by atoms with van der Waals surface area (Å²) in [5.41, 5.74) is 7.43. The molecule has 2 N–H and O–H groups in total. The van der Waals surface area contributed by atoms with E-state index in [4.69, 9.17) is 15.2 Å². The van der Waals surface area contributed by atoms with Crippen LogP contribution in [0, 0.1) is 5.92 Å². The Morgan fingerprint density at radius 2 is 1.94 bits per heavy atom. The molecule has 0 heterocycles. The van der Waals surface area contributed by atoms with Gasteiger partial charge in [-0.3, -0.25) is 0 Å². The molecule has 18 heavy (non-hydrogen) atoms. The Labute approximate surface area is 109 Å². The lowest BCUT2D eigenvalue weighted by molar-refractivity contribution is 0.275. The number of hydrogen-bond donors (Lipinski definition) is 1. The first kappa shape index (κ1) is 13.2. The highest BCUT2D eigenvalue weighted by molar-refractivity contribution is 5.43. The van der Waals surface area contributed by atoms with Gasteiger partial charge in [-0.25, -0.2) is 0 Å². The molecule has 0 amide bonds. The average molecular weight is 249 g/mol. The van der Waals surface area contributed by atoms with E-state index < -0.39 is 0 Å². The summed E-state index contributed by atoms with van der Waals surface area (Å²) in [6.45, 7) is 0. The van der Waals surface area contributed by atoms with Crippen LogP contribution >= 0.6 is 0 Å². The molecule has 1 fully saturated rings. The van der Waals surface area contributed by atoms with Crippen LogP contribution in [-0.4, -0.2) is 20.3 Å². The number of ether oxygens (including phenoxy) is 2. The summed E-state index contributed by atoms with van der Waals surface area (Å²) < 4.78 is 10.5. The Balaban J connectivity index is 1.95. The molecule has 0 aliphatic heterocycles. The van der Waals surface area contributed by atoms with E-state index >= 15 is 0 Å². The topological polar surface area (TPSA) is 44.5 Å². The summed E-state index contributed by atoms with van der Waals surface area (Å²) in [6.07, 6.45) is 6.16. The minimum Gasteiger partial charge on any atom is -0.493 e. The molecule has 1 saturated carbocycles. The van der Waals surface area contributed by atoms with Gasteiger partial charge in [-0.1, -0.05) is 25.3 Å². The lowest BCUT2D eigenvalue weighted by Gasteiger charge is -2.28. The predicted molar refractivity (Wildman–Crippen MR) is 73.2 cm³/mol. The van der Waals surface area contributed by atoms with Gasteiger partial charge in [0, 0.05) is 6.04 Å². The molecule has 100 valence electrons. The van der Waals surface area contributed by atoms with Gasteiger partial charge in [0.25, 0.3) is 0 Å². The van der Waals surface area contributed by atoms with E-state index in [0.717, 1.165) is 30.3 Å². The maximum Gasteiger partial charge on any atom is 0.160 e. The van der Waals surface area contributed by atoms with Crippen molar-refractivity contribution in [3.05, 3.63) is 23.8 Å². The number of rotatable bonds is 6. The third-order valence-corrected chi connectivity index (χ3v) is 3.81. The zero-order valence-electron chi connectivity index (χ0n) is 11.3. The Morgan fingerprint density at radius 3 is 2.50 bits per heavy atom. The second-order valence-electron chi connectivity index (χ2n) is 5.19. The second kappa shape index (κ2) is 6.10. The molecule has 2 rings (SSSR count). The Hall–Kier alpha value is -1.22. The Bertz CT molecular complexity index is 388. The summed E-state index contributed by atoms with van der Waals surface area (Å²) in [5.74, 6) is 2.42. The van der Waals surface area contributed by atoms with Crippen LogP contribution in [0.25, 0.3) is 0 Å². The maximum absolute atomic E-state index is 6.21. The van der Waals surface area contributed by atoms with Crippen molar-refractivity contribution in [2.75, 3.05) is 14.2 Å². The van der Waals surface area contributed by atoms with Crippen LogP contribution in [0.3, 0.4) is 0 Å². The van der Waals surface area contributed by atoms with Crippen molar-refractivity contribution in [2.24, 2.45) is 11.7 Å². The first-order chi connectivity index (χ1) is 8.72. The molecule has 1 aliphatic carbocycles. The number of hydrogen-bond acceptors (Lipinski definition) is 3. The van der Waals surface area contributed by atoms with E-state index in [2.05, 4.69) is 6.07 Å². The van der Waals surface area contributed by atoms with Gasteiger partial charge >= 0.3 is 0 Å². The molecule has 1 aromatic rings. The molecule has 0 radical (unpaired) electrons. The zero-order valence-corrected chi connectivity index (χ0v) is 11.3. The van der Waals surface area contributed by atoms with Gasteiger partial charge in [-0.15, -0.1) is 0 Å². The highest BCUT2D eigenvalue weighted by Gasteiger charge is 2.20. The molecule has 0 saturated heterocycles. The molecule has 1 atom stereocenters. The van der Waals surface area contributed by atoms with Crippen LogP contribution in [0.5, 0.6) is 11.5 Å². The lowest BCUT2D eigenvalue weighted by atomic mass is 9.80. The van der Waals surface area contributed by atoms with Gasteiger partial charge in [0.15, 0.2) is 11.5 Å². The van der Waals surface area contributed by atoms with Gasteiger partial charge in [0.1, 0.15) is 0 Å². The summed E-state index contributed by atoms with van der Waals surface area (Å²) in [6, 6.07) is 6.31. The van der Waals surface area contributed by atoms with Crippen LogP contribution in [-0.2, 0) is 6.42 Å². The van der Waals surface area contributed by atoms with Gasteiger partial charge in [-0.2, -0.15) is 0 Å². The fraction of sp³-hybridized carbons (Fsp3) is 0.600. The maximum atomic E-state index is 6.21. The lowest BCUT2D eigenvalue weighted by Crippen LogP contribution is -2.28. The highest BCUT2D eigenvalue weighted by atomic mass is 16.5. The zero-order chi connectivity index (χ0) is 13.0. The molecule has 0 aromatic heterocycles. The van der Waals surface area contributed by atoms with E-state index in [1.54, 1.807) is 14.2 Å². The Kier molecular flexibility index (Phi) is 4.48. The molecule has 1 aliphatic rings. The standard InChI is InChI=1S/C15H23NO2/c1-17-14-7-6-12(10-15(14)18-2)9-13(16)8-11-4-3-5-11/h6-7,10-11,13H,3-5,8-9,16H2,1-2H3. The van der Waals surface area contributed by atoms with Gasteiger partial charge < -0.3 is 15.2 Å². The summed E-state index contributed by atoms with van der Waals surface area (Å²) in [7, 11) is 3.32. The summed E-state index contributed by atoms with van der Waals surface area (Å²) >= 11 is 0. The molecular weight excluding hydrogens is 226 g/mol. The van der Waals surface area contributed by atoms with Crippen LogP contribution in [0.2, 0.25) is 0 Å². The van der Waals surface area contributed by atoms with Crippen molar-refractivity contribution in [3.63, 3.8) is 0 Å². The van der Waals surface area contributed by atoms with E-state index in [9.17, 15) is 0 Å². The molecular formula is C15H23NO2. The number of benzene rings is 1. The Morgan fingerprint density at radius 1 is 1.22 bits per heavy atom. The van der Waals surface area contributed by atoms with E-state index in [0.29, 0.717) is 0 Å². The SMILES string of the molecule is COc1ccc(CC(N)CC2CCC2)cc1OC. The van der Waals surface area contributed by atoms with Crippen LogP contribution in [0.15, 0.2) is 18.2 Å². The number of methoxy groups -OCH3 is 2. The monoisotopic (exact) mass is 249 g/mol. The van der Waals surface area contributed by atoms with E-state index in [1.165, 1.54) is 24.8 Å². The van der Waals surface area contributed by atoms with Crippen LogP contribution < -0.4 is 15.2 Å². The molecule has 0 bridgehead atoms. The molecule has 1 aromatic carbocycles. The van der Waals surface area contributed by atoms with Crippen molar-refractivity contribution in [2.45, 2.75) is 38.1 Å². The van der Waals surface area contributed by atoms with E-state index in [1.807, 2.05) is 12.1 Å². The molecule has 3 nitrogen and oxygen atoms in total. The summed E-state index contributed by atoms with van der Waals surface area (Å²) in [5, 5.41) is 0. The predicted octanol–water partition coefficient (Wildman–Crippen LogP) is 2.76. The van der Waals surface area contributed by atoms with Gasteiger partial charge in [-0.05, 0) is 36.5 Å². The number of nitrogens with two attached hydrogens (primary N) is 1. The molecule has 3 heteroatoms. The van der Waals surface area contributed by atoms with Crippen molar-refractivity contribution in [3.8, 4) is 11.5 Å². The first-order valence-corrected chi connectivity index (χ1v) is 6.69. The van der Waals surface area contributed by atoms with Crippen LogP contribution in [0.4, 0.5) is 0 Å².